The van der Waals surface area contributed by atoms with Crippen LogP contribution in [0.25, 0.3) is 11.0 Å². The number of piperidine rings is 1. The first-order valence-corrected chi connectivity index (χ1v) is 6.64. The maximum absolute atomic E-state index is 12.1. The van der Waals surface area contributed by atoms with Gasteiger partial charge in [0, 0.05) is 6.54 Å². The summed E-state index contributed by atoms with van der Waals surface area (Å²) in [5.74, 6) is 0.614. The number of nitrogens with one attached hydrogen (secondary N) is 2. The number of aromatic amines is 1. The van der Waals surface area contributed by atoms with E-state index in [-0.39, 0.29) is 5.69 Å². The van der Waals surface area contributed by atoms with Gasteiger partial charge in [-0.2, -0.15) is 0 Å². The summed E-state index contributed by atoms with van der Waals surface area (Å²) in [7, 11) is 0. The molecule has 3 rings (SSSR count). The maximum Gasteiger partial charge on any atom is 0.326 e. The van der Waals surface area contributed by atoms with Gasteiger partial charge in [0.25, 0.3) is 0 Å². The molecule has 96 valence electrons. The average molecular weight is 245 g/mol. The first kappa shape index (κ1) is 11.5. The molecular formula is C14H19N3O. The minimum absolute atomic E-state index is 0.0258. The van der Waals surface area contributed by atoms with Crippen LogP contribution in [0.15, 0.2) is 23.0 Å². The van der Waals surface area contributed by atoms with Gasteiger partial charge in [-0.25, -0.2) is 4.79 Å². The van der Waals surface area contributed by atoms with Crippen LogP contribution in [0.1, 0.15) is 18.4 Å². The Morgan fingerprint density at radius 3 is 2.89 bits per heavy atom. The molecule has 0 saturated carbocycles. The number of hydrogen-bond donors (Lipinski definition) is 2. The molecule has 0 bridgehead atoms. The van der Waals surface area contributed by atoms with Crippen molar-refractivity contribution in [3.63, 3.8) is 0 Å². The Morgan fingerprint density at radius 2 is 2.11 bits per heavy atom. The van der Waals surface area contributed by atoms with Gasteiger partial charge in [0.2, 0.25) is 0 Å². The van der Waals surface area contributed by atoms with E-state index in [9.17, 15) is 4.79 Å². The van der Waals surface area contributed by atoms with Crippen molar-refractivity contribution in [2.75, 3.05) is 13.1 Å². The average Bonchev–Trinajstić information content (AvgIpc) is 2.70. The highest BCUT2D eigenvalue weighted by Gasteiger charge is 2.16. The van der Waals surface area contributed by atoms with Gasteiger partial charge in [-0.3, -0.25) is 4.57 Å². The summed E-state index contributed by atoms with van der Waals surface area (Å²) in [6.07, 6.45) is 2.32. The van der Waals surface area contributed by atoms with Crippen LogP contribution in [-0.4, -0.2) is 22.6 Å². The van der Waals surface area contributed by atoms with Crippen molar-refractivity contribution in [2.45, 2.75) is 26.3 Å². The summed E-state index contributed by atoms with van der Waals surface area (Å²) in [5.41, 5.74) is 3.18. The summed E-state index contributed by atoms with van der Waals surface area (Å²) >= 11 is 0. The minimum atomic E-state index is 0.0258. The monoisotopic (exact) mass is 245 g/mol. The van der Waals surface area contributed by atoms with Crippen molar-refractivity contribution in [1.29, 1.82) is 0 Å². The molecule has 2 N–H and O–H groups in total. The zero-order chi connectivity index (χ0) is 12.5. The molecule has 0 radical (unpaired) electrons. The number of benzene rings is 1. The van der Waals surface area contributed by atoms with Crippen LogP contribution < -0.4 is 11.0 Å². The number of rotatable bonds is 2. The van der Waals surface area contributed by atoms with Crippen molar-refractivity contribution in [2.24, 2.45) is 5.92 Å². The number of para-hydroxylation sites is 1. The zero-order valence-corrected chi connectivity index (χ0v) is 10.7. The molecule has 2 aromatic rings. The summed E-state index contributed by atoms with van der Waals surface area (Å²) < 4.78 is 1.90. The largest absolute Gasteiger partial charge is 0.326 e. The van der Waals surface area contributed by atoms with Gasteiger partial charge in [0.15, 0.2) is 0 Å². The number of imidazole rings is 1. The lowest BCUT2D eigenvalue weighted by atomic mass is 9.98. The summed E-state index contributed by atoms with van der Waals surface area (Å²) in [4.78, 5) is 15.0. The molecule has 1 aromatic heterocycles. The Balaban J connectivity index is 1.98. The molecule has 1 aromatic carbocycles. The second kappa shape index (κ2) is 4.61. The van der Waals surface area contributed by atoms with E-state index in [0.29, 0.717) is 5.92 Å². The number of aryl methyl sites for hydroxylation is 1. The van der Waals surface area contributed by atoms with Crippen LogP contribution in [0.5, 0.6) is 0 Å². The van der Waals surface area contributed by atoms with Crippen molar-refractivity contribution >= 4 is 11.0 Å². The molecule has 1 fully saturated rings. The van der Waals surface area contributed by atoms with E-state index in [1.165, 1.54) is 0 Å². The molecular weight excluding hydrogens is 226 g/mol. The highest BCUT2D eigenvalue weighted by molar-refractivity contribution is 5.78. The molecule has 1 aliphatic heterocycles. The van der Waals surface area contributed by atoms with Crippen molar-refractivity contribution in [3.05, 3.63) is 34.2 Å². The molecule has 1 aliphatic rings. The van der Waals surface area contributed by atoms with Gasteiger partial charge in [-0.05, 0) is 50.4 Å². The van der Waals surface area contributed by atoms with Crippen LogP contribution in [0.4, 0.5) is 0 Å². The molecule has 4 heteroatoms. The third-order valence-corrected chi connectivity index (χ3v) is 3.92. The molecule has 0 aliphatic carbocycles. The van der Waals surface area contributed by atoms with Gasteiger partial charge in [-0.15, -0.1) is 0 Å². The molecule has 4 nitrogen and oxygen atoms in total. The maximum atomic E-state index is 12.1. The van der Waals surface area contributed by atoms with Gasteiger partial charge < -0.3 is 10.3 Å². The molecule has 1 saturated heterocycles. The first-order valence-electron chi connectivity index (χ1n) is 6.64. The van der Waals surface area contributed by atoms with Gasteiger partial charge >= 0.3 is 5.69 Å². The summed E-state index contributed by atoms with van der Waals surface area (Å²) in [5, 5.41) is 3.36. The predicted molar refractivity (Wildman–Crippen MR) is 72.9 cm³/mol. The van der Waals surface area contributed by atoms with Crippen LogP contribution in [0, 0.1) is 12.8 Å². The Hall–Kier alpha value is -1.55. The lowest BCUT2D eigenvalue weighted by Gasteiger charge is -2.22. The third kappa shape index (κ3) is 1.97. The van der Waals surface area contributed by atoms with E-state index in [4.69, 9.17) is 0 Å². The Bertz CT molecular complexity index is 605. The van der Waals surface area contributed by atoms with Gasteiger partial charge in [-0.1, -0.05) is 12.1 Å². The highest BCUT2D eigenvalue weighted by Crippen LogP contribution is 2.18. The fourth-order valence-corrected chi connectivity index (χ4v) is 2.83. The standard InChI is InChI=1S/C14H19N3O/c1-10-3-2-4-12-13(10)16-14(18)17(12)9-11-5-7-15-8-6-11/h2-4,11,15H,5-9H2,1H3,(H,16,18). The first-order chi connectivity index (χ1) is 8.75. The molecule has 0 spiro atoms. The molecule has 0 amide bonds. The topological polar surface area (TPSA) is 49.8 Å². The minimum Gasteiger partial charge on any atom is -0.317 e. The molecule has 2 heterocycles. The lowest BCUT2D eigenvalue weighted by molar-refractivity contribution is 0.333. The van der Waals surface area contributed by atoms with E-state index in [2.05, 4.69) is 10.3 Å². The number of nitrogens with zero attached hydrogens (tertiary/aromatic N) is 1. The van der Waals surface area contributed by atoms with Crippen LogP contribution in [-0.2, 0) is 6.54 Å². The molecule has 0 atom stereocenters. The van der Waals surface area contributed by atoms with E-state index in [0.717, 1.165) is 49.1 Å². The fourth-order valence-electron chi connectivity index (χ4n) is 2.83. The fraction of sp³-hybridized carbons (Fsp3) is 0.500. The van der Waals surface area contributed by atoms with E-state index < -0.39 is 0 Å². The second-order valence-corrected chi connectivity index (χ2v) is 5.20. The highest BCUT2D eigenvalue weighted by atomic mass is 16.1. The number of H-pyrrole nitrogens is 1. The van der Waals surface area contributed by atoms with Crippen LogP contribution in [0.2, 0.25) is 0 Å². The smallest absolute Gasteiger partial charge is 0.317 e. The lowest BCUT2D eigenvalue weighted by Crippen LogP contribution is -2.31. The quantitative estimate of drug-likeness (QED) is 0.845. The van der Waals surface area contributed by atoms with Crippen molar-refractivity contribution < 1.29 is 0 Å². The van der Waals surface area contributed by atoms with Gasteiger partial charge in [0.1, 0.15) is 0 Å². The second-order valence-electron chi connectivity index (χ2n) is 5.20. The SMILES string of the molecule is Cc1cccc2c1[nH]c(=O)n2CC1CCNCC1. The number of aromatic nitrogens is 2. The normalized spacial score (nSPS) is 17.4. The van der Waals surface area contributed by atoms with E-state index in [1.807, 2.05) is 29.7 Å². The van der Waals surface area contributed by atoms with Gasteiger partial charge in [0.05, 0.1) is 11.0 Å². The van der Waals surface area contributed by atoms with Crippen LogP contribution >= 0.6 is 0 Å². The Labute approximate surface area is 106 Å². The van der Waals surface area contributed by atoms with Crippen LogP contribution in [0.3, 0.4) is 0 Å². The molecule has 0 unspecified atom stereocenters. The van der Waals surface area contributed by atoms with E-state index in [1.54, 1.807) is 0 Å². The Morgan fingerprint density at radius 1 is 1.33 bits per heavy atom. The zero-order valence-electron chi connectivity index (χ0n) is 10.7. The molecule has 18 heavy (non-hydrogen) atoms. The van der Waals surface area contributed by atoms with Crippen molar-refractivity contribution in [3.8, 4) is 0 Å². The summed E-state index contributed by atoms with van der Waals surface area (Å²) in [6.45, 7) is 5.01. The third-order valence-electron chi connectivity index (χ3n) is 3.92. The Kier molecular flexibility index (Phi) is 2.96. The predicted octanol–water partition coefficient (Wildman–Crippen LogP) is 1.64. The van der Waals surface area contributed by atoms with E-state index >= 15 is 0 Å². The van der Waals surface area contributed by atoms with Crippen molar-refractivity contribution in [1.82, 2.24) is 14.9 Å². The number of hydrogen-bond acceptors (Lipinski definition) is 2. The number of fused-ring (bicyclic) bond motifs is 1. The summed E-state index contributed by atoms with van der Waals surface area (Å²) in [6, 6.07) is 6.08.